The van der Waals surface area contributed by atoms with E-state index in [0.29, 0.717) is 22.0 Å². The predicted molar refractivity (Wildman–Crippen MR) is 118 cm³/mol. The van der Waals surface area contributed by atoms with Crippen molar-refractivity contribution in [1.29, 1.82) is 0 Å². The lowest BCUT2D eigenvalue weighted by molar-refractivity contribution is -0.131. The Morgan fingerprint density at radius 2 is 1.67 bits per heavy atom. The largest absolute Gasteiger partial charge is 0.356 e. The molecule has 3 amide bonds. The lowest BCUT2D eigenvalue weighted by Gasteiger charge is -2.37. The van der Waals surface area contributed by atoms with Gasteiger partial charge in [0.25, 0.3) is 5.91 Å². The van der Waals surface area contributed by atoms with Gasteiger partial charge in [-0.25, -0.2) is 4.79 Å². The molecule has 0 spiro atoms. The van der Waals surface area contributed by atoms with Crippen LogP contribution in [-0.4, -0.2) is 38.3 Å². The average Bonchev–Trinajstić information content (AvgIpc) is 3.16. The molecule has 0 saturated carbocycles. The number of halogens is 2. The van der Waals surface area contributed by atoms with Crippen molar-refractivity contribution in [3.8, 4) is 0 Å². The van der Waals surface area contributed by atoms with Crippen LogP contribution in [0.25, 0.3) is 10.9 Å². The molecule has 2 aromatic carbocycles. The van der Waals surface area contributed by atoms with Gasteiger partial charge in [-0.2, -0.15) is 0 Å². The van der Waals surface area contributed by atoms with E-state index in [9.17, 15) is 9.59 Å². The molecule has 1 fully saturated rings. The van der Waals surface area contributed by atoms with E-state index in [4.69, 9.17) is 23.2 Å². The molecule has 154 valence electrons. The standard InChI is InChI=1S/C23H21Cl2N3O2/c1-23(2,3)28-21(29)17-11-13-12-7-4-5-10-16(12)26-19(13)20(27(17)22(28)30)18-14(24)8-6-9-15(18)25/h4-10,17,20,26H,11H2,1-3H3/t17-,20-/m1/s1. The minimum Gasteiger partial charge on any atom is -0.356 e. The molecule has 1 aromatic heterocycles. The topological polar surface area (TPSA) is 56.4 Å². The number of benzene rings is 2. The number of rotatable bonds is 1. The maximum absolute atomic E-state index is 13.6. The quantitative estimate of drug-likeness (QED) is 0.503. The Labute approximate surface area is 184 Å². The van der Waals surface area contributed by atoms with Crippen LogP contribution in [0.4, 0.5) is 4.79 Å². The summed E-state index contributed by atoms with van der Waals surface area (Å²) in [4.78, 5) is 33.5. The summed E-state index contributed by atoms with van der Waals surface area (Å²) in [6.07, 6.45) is 0.453. The summed E-state index contributed by atoms with van der Waals surface area (Å²) in [5.74, 6) is -0.184. The maximum Gasteiger partial charge on any atom is 0.328 e. The molecular weight excluding hydrogens is 421 g/mol. The second kappa shape index (κ2) is 6.50. The second-order valence-electron chi connectivity index (χ2n) is 8.85. The SMILES string of the molecule is CC(C)(C)N1C(=O)[C@H]2Cc3c([nH]c4ccccc34)[C@@H](c3c(Cl)cccc3Cl)N2C1=O. The zero-order chi connectivity index (χ0) is 21.4. The van der Waals surface area contributed by atoms with Crippen LogP contribution in [0.2, 0.25) is 10.0 Å². The molecule has 3 heterocycles. The van der Waals surface area contributed by atoms with Crippen LogP contribution in [0.3, 0.4) is 0 Å². The number of hydrogen-bond acceptors (Lipinski definition) is 2. The molecular formula is C23H21Cl2N3O2. The zero-order valence-electron chi connectivity index (χ0n) is 16.9. The Morgan fingerprint density at radius 3 is 2.33 bits per heavy atom. The van der Waals surface area contributed by atoms with E-state index in [2.05, 4.69) is 4.98 Å². The summed E-state index contributed by atoms with van der Waals surface area (Å²) < 4.78 is 0. The predicted octanol–water partition coefficient (Wildman–Crippen LogP) is 5.55. The van der Waals surface area contributed by atoms with Gasteiger partial charge in [0, 0.05) is 44.2 Å². The molecule has 0 radical (unpaired) electrons. The highest BCUT2D eigenvalue weighted by Crippen LogP contribution is 2.48. The number of amides is 3. The molecule has 0 unspecified atom stereocenters. The number of fused-ring (bicyclic) bond motifs is 4. The maximum atomic E-state index is 13.6. The van der Waals surface area contributed by atoms with Gasteiger partial charge >= 0.3 is 6.03 Å². The number of aromatic nitrogens is 1. The van der Waals surface area contributed by atoms with E-state index >= 15 is 0 Å². The van der Waals surface area contributed by atoms with Gasteiger partial charge in [0.2, 0.25) is 0 Å². The highest BCUT2D eigenvalue weighted by molar-refractivity contribution is 6.36. The monoisotopic (exact) mass is 441 g/mol. The highest BCUT2D eigenvalue weighted by atomic mass is 35.5. The van der Waals surface area contributed by atoms with E-state index in [1.54, 1.807) is 23.1 Å². The number of nitrogens with one attached hydrogen (secondary N) is 1. The summed E-state index contributed by atoms with van der Waals surface area (Å²) in [7, 11) is 0. The van der Waals surface area contributed by atoms with Crippen molar-refractivity contribution in [2.75, 3.05) is 0 Å². The molecule has 5 rings (SSSR count). The first-order valence-corrected chi connectivity index (χ1v) is 10.7. The number of aromatic amines is 1. The van der Waals surface area contributed by atoms with Crippen molar-refractivity contribution in [3.63, 3.8) is 0 Å². The number of nitrogens with zero attached hydrogens (tertiary/aromatic N) is 2. The summed E-state index contributed by atoms with van der Waals surface area (Å²) in [6.45, 7) is 5.61. The molecule has 2 aliphatic heterocycles. The van der Waals surface area contributed by atoms with E-state index in [1.807, 2.05) is 45.0 Å². The van der Waals surface area contributed by atoms with Crippen LogP contribution >= 0.6 is 23.2 Å². The van der Waals surface area contributed by atoms with Gasteiger partial charge in [-0.15, -0.1) is 0 Å². The van der Waals surface area contributed by atoms with E-state index < -0.39 is 17.6 Å². The fourth-order valence-electron chi connectivity index (χ4n) is 4.77. The van der Waals surface area contributed by atoms with Crippen LogP contribution in [0.5, 0.6) is 0 Å². The Kier molecular flexibility index (Phi) is 4.21. The van der Waals surface area contributed by atoms with Crippen LogP contribution in [0.15, 0.2) is 42.5 Å². The Balaban J connectivity index is 1.80. The number of H-pyrrole nitrogens is 1. The number of hydrogen-bond donors (Lipinski definition) is 1. The minimum absolute atomic E-state index is 0.184. The lowest BCUT2D eigenvalue weighted by Crippen LogP contribution is -2.46. The van der Waals surface area contributed by atoms with Gasteiger partial charge in [-0.05, 0) is 44.5 Å². The highest BCUT2D eigenvalue weighted by Gasteiger charge is 2.55. The molecule has 0 aliphatic carbocycles. The lowest BCUT2D eigenvalue weighted by atomic mass is 9.88. The van der Waals surface area contributed by atoms with E-state index in [1.165, 1.54) is 4.90 Å². The van der Waals surface area contributed by atoms with Gasteiger partial charge in [-0.1, -0.05) is 47.5 Å². The fraction of sp³-hybridized carbons (Fsp3) is 0.304. The van der Waals surface area contributed by atoms with Crippen LogP contribution in [-0.2, 0) is 11.2 Å². The van der Waals surface area contributed by atoms with Crippen molar-refractivity contribution < 1.29 is 9.59 Å². The van der Waals surface area contributed by atoms with Crippen molar-refractivity contribution >= 4 is 46.0 Å². The average molecular weight is 442 g/mol. The van der Waals surface area contributed by atoms with Crippen molar-refractivity contribution in [3.05, 3.63) is 69.3 Å². The molecule has 2 aliphatic rings. The molecule has 7 heteroatoms. The first-order valence-electron chi connectivity index (χ1n) is 9.90. The van der Waals surface area contributed by atoms with Gasteiger partial charge in [0.15, 0.2) is 0 Å². The first-order chi connectivity index (χ1) is 14.2. The third-order valence-corrected chi connectivity index (χ3v) is 6.65. The smallest absolute Gasteiger partial charge is 0.328 e. The number of carbonyl (C=O) groups excluding carboxylic acids is 2. The normalized spacial score (nSPS) is 21.4. The molecule has 2 atom stereocenters. The molecule has 30 heavy (non-hydrogen) atoms. The number of urea groups is 1. The third-order valence-electron chi connectivity index (χ3n) is 5.99. The minimum atomic E-state index is -0.629. The molecule has 0 bridgehead atoms. The third kappa shape index (κ3) is 2.62. The summed E-state index contributed by atoms with van der Waals surface area (Å²) in [6, 6.07) is 11.8. The zero-order valence-corrected chi connectivity index (χ0v) is 18.4. The van der Waals surface area contributed by atoms with Crippen LogP contribution in [0.1, 0.15) is 43.6 Å². The first kappa shape index (κ1) is 19.5. The van der Waals surface area contributed by atoms with Gasteiger partial charge in [-0.3, -0.25) is 14.6 Å². The summed E-state index contributed by atoms with van der Waals surface area (Å²) >= 11 is 13.2. The number of carbonyl (C=O) groups is 2. The van der Waals surface area contributed by atoms with Gasteiger partial charge in [0.1, 0.15) is 12.1 Å². The Hall–Kier alpha value is -2.50. The summed E-state index contributed by atoms with van der Waals surface area (Å²) in [5, 5.41) is 1.98. The molecule has 1 N–H and O–H groups in total. The number of imide groups is 1. The fourth-order valence-corrected chi connectivity index (χ4v) is 5.37. The molecule has 1 saturated heterocycles. The Morgan fingerprint density at radius 1 is 1.00 bits per heavy atom. The van der Waals surface area contributed by atoms with Crippen LogP contribution in [0, 0.1) is 0 Å². The molecule has 3 aromatic rings. The van der Waals surface area contributed by atoms with Crippen molar-refractivity contribution in [2.45, 2.75) is 44.8 Å². The van der Waals surface area contributed by atoms with E-state index in [-0.39, 0.29) is 11.9 Å². The summed E-state index contributed by atoms with van der Waals surface area (Å²) in [5.41, 5.74) is 2.86. The number of para-hydroxylation sites is 1. The van der Waals surface area contributed by atoms with Gasteiger partial charge < -0.3 is 4.98 Å². The van der Waals surface area contributed by atoms with E-state index in [0.717, 1.165) is 22.2 Å². The van der Waals surface area contributed by atoms with Gasteiger partial charge in [0.05, 0.1) is 0 Å². The van der Waals surface area contributed by atoms with Crippen molar-refractivity contribution in [2.24, 2.45) is 0 Å². The Bertz CT molecular complexity index is 1190. The van der Waals surface area contributed by atoms with Crippen LogP contribution < -0.4 is 0 Å². The van der Waals surface area contributed by atoms with Crippen molar-refractivity contribution in [1.82, 2.24) is 14.8 Å². The second-order valence-corrected chi connectivity index (χ2v) is 9.67. The molecule has 5 nitrogen and oxygen atoms in total.